The van der Waals surface area contributed by atoms with Gasteiger partial charge >= 0.3 is 0 Å². The van der Waals surface area contributed by atoms with Crippen LogP contribution in [0.25, 0.3) is 17.1 Å². The Hall–Kier alpha value is -2.22. The first-order valence-corrected chi connectivity index (χ1v) is 7.64. The molecule has 126 valence electrons. The standard InChI is InChI=1S/C16H18N6O.ClH/c1-21-8-6-17-10-14(21)15-19-16(23-20-15)12-2-4-13(5-3-12)22-9-7-18-11-22;/h2-5,7,9,11,14,17H,6,8,10H2,1H3;1H. The Morgan fingerprint density at radius 3 is 2.79 bits per heavy atom. The number of piperazine rings is 1. The highest BCUT2D eigenvalue weighted by Gasteiger charge is 2.25. The first-order chi connectivity index (χ1) is 11.3. The molecule has 7 nitrogen and oxygen atoms in total. The SMILES string of the molecule is CN1CCNCC1c1noc(-c2ccc(-n3ccnc3)cc2)n1.Cl. The number of aromatic nitrogens is 4. The molecule has 0 radical (unpaired) electrons. The summed E-state index contributed by atoms with van der Waals surface area (Å²) in [7, 11) is 2.08. The molecule has 1 saturated heterocycles. The molecule has 0 saturated carbocycles. The summed E-state index contributed by atoms with van der Waals surface area (Å²) in [5, 5.41) is 7.52. The van der Waals surface area contributed by atoms with Crippen molar-refractivity contribution in [1.82, 2.24) is 29.9 Å². The average molecular weight is 347 g/mol. The number of hydrogen-bond donors (Lipinski definition) is 1. The Morgan fingerprint density at radius 2 is 2.08 bits per heavy atom. The van der Waals surface area contributed by atoms with Gasteiger partial charge in [-0.3, -0.25) is 4.90 Å². The zero-order valence-electron chi connectivity index (χ0n) is 13.3. The number of benzene rings is 1. The summed E-state index contributed by atoms with van der Waals surface area (Å²) in [5.74, 6) is 1.28. The van der Waals surface area contributed by atoms with Gasteiger partial charge in [-0.25, -0.2) is 4.98 Å². The van der Waals surface area contributed by atoms with E-state index in [4.69, 9.17) is 4.52 Å². The van der Waals surface area contributed by atoms with E-state index in [0.29, 0.717) is 5.89 Å². The van der Waals surface area contributed by atoms with Crippen LogP contribution >= 0.6 is 12.4 Å². The largest absolute Gasteiger partial charge is 0.334 e. The fraction of sp³-hybridized carbons (Fsp3) is 0.312. The van der Waals surface area contributed by atoms with Gasteiger partial charge in [-0.05, 0) is 31.3 Å². The summed E-state index contributed by atoms with van der Waals surface area (Å²) in [6.07, 6.45) is 5.43. The van der Waals surface area contributed by atoms with Crippen LogP contribution in [0.15, 0.2) is 47.5 Å². The molecular weight excluding hydrogens is 328 g/mol. The summed E-state index contributed by atoms with van der Waals surface area (Å²) >= 11 is 0. The van der Waals surface area contributed by atoms with Crippen LogP contribution < -0.4 is 5.32 Å². The van der Waals surface area contributed by atoms with Crippen molar-refractivity contribution in [3.63, 3.8) is 0 Å². The number of nitrogens with one attached hydrogen (secondary N) is 1. The van der Waals surface area contributed by atoms with Gasteiger partial charge in [-0.15, -0.1) is 12.4 Å². The molecule has 8 heteroatoms. The third-order valence-electron chi connectivity index (χ3n) is 4.17. The van der Waals surface area contributed by atoms with E-state index < -0.39 is 0 Å². The molecule has 24 heavy (non-hydrogen) atoms. The summed E-state index contributed by atoms with van der Waals surface area (Å²) in [6, 6.07) is 8.14. The highest BCUT2D eigenvalue weighted by molar-refractivity contribution is 5.85. The van der Waals surface area contributed by atoms with Crippen molar-refractivity contribution >= 4 is 12.4 Å². The van der Waals surface area contributed by atoms with Gasteiger partial charge in [-0.1, -0.05) is 5.16 Å². The normalized spacial score (nSPS) is 18.3. The third kappa shape index (κ3) is 3.19. The Kier molecular flexibility index (Phi) is 4.94. The van der Waals surface area contributed by atoms with Gasteiger partial charge in [0.2, 0.25) is 0 Å². The van der Waals surface area contributed by atoms with Crippen molar-refractivity contribution in [2.24, 2.45) is 0 Å². The number of hydrogen-bond acceptors (Lipinski definition) is 6. The van der Waals surface area contributed by atoms with Crippen LogP contribution in [0.1, 0.15) is 11.9 Å². The van der Waals surface area contributed by atoms with Crippen LogP contribution in [0.5, 0.6) is 0 Å². The van der Waals surface area contributed by atoms with Crippen LogP contribution in [0.3, 0.4) is 0 Å². The van der Waals surface area contributed by atoms with Crippen LogP contribution in [0, 0.1) is 0 Å². The molecule has 1 aromatic carbocycles. The molecule has 1 N–H and O–H groups in total. The predicted octanol–water partition coefficient (Wildman–Crippen LogP) is 1.92. The second-order valence-corrected chi connectivity index (χ2v) is 5.68. The zero-order valence-corrected chi connectivity index (χ0v) is 14.1. The Labute approximate surface area is 146 Å². The lowest BCUT2D eigenvalue weighted by Crippen LogP contribution is -2.44. The maximum atomic E-state index is 5.45. The second-order valence-electron chi connectivity index (χ2n) is 5.68. The maximum absolute atomic E-state index is 5.45. The zero-order chi connectivity index (χ0) is 15.6. The molecule has 1 aliphatic heterocycles. The molecule has 0 bridgehead atoms. The lowest BCUT2D eigenvalue weighted by atomic mass is 10.2. The smallest absolute Gasteiger partial charge is 0.257 e. The van der Waals surface area contributed by atoms with E-state index >= 15 is 0 Å². The summed E-state index contributed by atoms with van der Waals surface area (Å²) in [5.41, 5.74) is 1.96. The lowest BCUT2D eigenvalue weighted by molar-refractivity contribution is 0.190. The minimum atomic E-state index is 0. The summed E-state index contributed by atoms with van der Waals surface area (Å²) in [4.78, 5) is 10.9. The Morgan fingerprint density at radius 1 is 1.25 bits per heavy atom. The molecule has 3 heterocycles. The van der Waals surface area contributed by atoms with E-state index in [-0.39, 0.29) is 18.4 Å². The number of halogens is 1. The van der Waals surface area contributed by atoms with Crippen molar-refractivity contribution in [2.75, 3.05) is 26.7 Å². The van der Waals surface area contributed by atoms with Crippen LogP contribution in [0.4, 0.5) is 0 Å². The monoisotopic (exact) mass is 346 g/mol. The molecule has 3 aromatic rings. The first kappa shape index (κ1) is 16.6. The third-order valence-corrected chi connectivity index (χ3v) is 4.17. The highest BCUT2D eigenvalue weighted by atomic mass is 35.5. The minimum Gasteiger partial charge on any atom is -0.334 e. The molecule has 0 spiro atoms. The quantitative estimate of drug-likeness (QED) is 0.781. The number of nitrogens with zero attached hydrogens (tertiary/aromatic N) is 5. The first-order valence-electron chi connectivity index (χ1n) is 7.64. The van der Waals surface area contributed by atoms with Crippen molar-refractivity contribution in [2.45, 2.75) is 6.04 Å². The van der Waals surface area contributed by atoms with E-state index in [1.165, 1.54) is 0 Å². The number of rotatable bonds is 3. The summed E-state index contributed by atoms with van der Waals surface area (Å²) < 4.78 is 7.40. The summed E-state index contributed by atoms with van der Waals surface area (Å²) in [6.45, 7) is 2.82. The van der Waals surface area contributed by atoms with Gasteiger partial charge < -0.3 is 14.4 Å². The highest BCUT2D eigenvalue weighted by Crippen LogP contribution is 2.23. The van der Waals surface area contributed by atoms with E-state index in [1.807, 2.05) is 35.0 Å². The van der Waals surface area contributed by atoms with Crippen LogP contribution in [-0.2, 0) is 0 Å². The molecule has 0 amide bonds. The molecule has 0 aliphatic carbocycles. The van der Waals surface area contributed by atoms with Crippen molar-refractivity contribution < 1.29 is 4.52 Å². The lowest BCUT2D eigenvalue weighted by Gasteiger charge is -2.30. The van der Waals surface area contributed by atoms with E-state index in [2.05, 4.69) is 32.4 Å². The van der Waals surface area contributed by atoms with Gasteiger partial charge in [-0.2, -0.15) is 4.98 Å². The Balaban J connectivity index is 0.00000169. The van der Waals surface area contributed by atoms with Gasteiger partial charge in [0.1, 0.15) is 0 Å². The Bertz CT molecular complexity index is 770. The topological polar surface area (TPSA) is 72.0 Å². The van der Waals surface area contributed by atoms with Crippen LogP contribution in [-0.4, -0.2) is 51.3 Å². The minimum absolute atomic E-state index is 0. The van der Waals surface area contributed by atoms with Crippen LogP contribution in [0.2, 0.25) is 0 Å². The molecule has 1 atom stereocenters. The molecule has 1 fully saturated rings. The predicted molar refractivity (Wildman–Crippen MR) is 92.3 cm³/mol. The molecule has 2 aromatic heterocycles. The van der Waals surface area contributed by atoms with Gasteiger partial charge in [0.15, 0.2) is 5.82 Å². The van der Waals surface area contributed by atoms with Gasteiger partial charge in [0.25, 0.3) is 5.89 Å². The van der Waals surface area contributed by atoms with Crippen molar-refractivity contribution in [3.05, 3.63) is 48.8 Å². The van der Waals surface area contributed by atoms with E-state index in [1.54, 1.807) is 12.5 Å². The molecular formula is C16H19ClN6O. The maximum Gasteiger partial charge on any atom is 0.257 e. The van der Waals surface area contributed by atoms with Crippen molar-refractivity contribution in [3.8, 4) is 17.1 Å². The van der Waals surface area contributed by atoms with Gasteiger partial charge in [0, 0.05) is 43.3 Å². The van der Waals surface area contributed by atoms with E-state index in [0.717, 1.165) is 36.7 Å². The molecule has 4 rings (SSSR count). The molecule has 1 aliphatic rings. The number of likely N-dealkylation sites (N-methyl/N-ethyl adjacent to an activating group) is 1. The van der Waals surface area contributed by atoms with Gasteiger partial charge in [0.05, 0.1) is 12.4 Å². The van der Waals surface area contributed by atoms with E-state index in [9.17, 15) is 0 Å². The average Bonchev–Trinajstić information content (AvgIpc) is 3.27. The fourth-order valence-electron chi connectivity index (χ4n) is 2.77. The number of imidazole rings is 1. The second kappa shape index (κ2) is 7.12. The molecule has 1 unspecified atom stereocenters. The van der Waals surface area contributed by atoms with Crippen molar-refractivity contribution in [1.29, 1.82) is 0 Å². The fourth-order valence-corrected chi connectivity index (χ4v) is 2.77.